The van der Waals surface area contributed by atoms with Crippen molar-refractivity contribution in [2.45, 2.75) is 18.9 Å². The number of alkyl carbamates (subject to hydrolysis) is 1. The number of hydrogen-bond acceptors (Lipinski definition) is 2. The molecule has 1 fully saturated rings. The highest BCUT2D eigenvalue weighted by molar-refractivity contribution is 6.31. The van der Waals surface area contributed by atoms with Crippen LogP contribution < -0.4 is 5.32 Å². The fourth-order valence-electron chi connectivity index (χ4n) is 1.74. The minimum atomic E-state index is -3.42. The van der Waals surface area contributed by atoms with Crippen LogP contribution >= 0.6 is 24.0 Å². The van der Waals surface area contributed by atoms with Gasteiger partial charge in [0.1, 0.15) is 11.9 Å². The van der Waals surface area contributed by atoms with Crippen LogP contribution in [-0.2, 0) is 4.74 Å². The van der Waals surface area contributed by atoms with E-state index in [9.17, 15) is 18.0 Å². The average molecular weight is 316 g/mol. The van der Waals surface area contributed by atoms with Gasteiger partial charge in [0.05, 0.1) is 0 Å². The Morgan fingerprint density at radius 1 is 1.47 bits per heavy atom. The van der Waals surface area contributed by atoms with Crippen LogP contribution in [0.1, 0.15) is 17.2 Å². The van der Waals surface area contributed by atoms with E-state index >= 15 is 0 Å². The molecule has 1 N–H and O–H groups in total. The van der Waals surface area contributed by atoms with E-state index in [2.05, 4.69) is 4.74 Å². The van der Waals surface area contributed by atoms with Gasteiger partial charge in [-0.05, 0) is 18.6 Å². The number of carbonyl (C=O) groups excluding carboxylic acids is 1. The zero-order valence-corrected chi connectivity index (χ0v) is 11.2. The Balaban J connectivity index is 0.00000180. The summed E-state index contributed by atoms with van der Waals surface area (Å²) < 4.78 is 45.4. The topological polar surface area (TPSA) is 38.3 Å². The summed E-state index contributed by atoms with van der Waals surface area (Å²) in [7, 11) is 0. The Bertz CT molecular complexity index is 511. The predicted octanol–water partition coefficient (Wildman–Crippen LogP) is 3.63. The summed E-state index contributed by atoms with van der Waals surface area (Å²) in [5, 5.41) is 1.73. The first-order chi connectivity index (χ1) is 8.33. The second-order valence-electron chi connectivity index (χ2n) is 4.01. The molecule has 1 heterocycles. The molecule has 0 saturated carbocycles. The highest BCUT2D eigenvalue weighted by atomic mass is 35.5. The van der Waals surface area contributed by atoms with Gasteiger partial charge in [-0.1, -0.05) is 17.7 Å². The van der Waals surface area contributed by atoms with Crippen molar-refractivity contribution >= 4 is 30.1 Å². The van der Waals surface area contributed by atoms with Gasteiger partial charge in [-0.2, -0.15) is 0 Å². The average Bonchev–Trinajstić information content (AvgIpc) is 2.29. The zero-order chi connectivity index (χ0) is 13.5. The maximum absolute atomic E-state index is 13.9. The number of ether oxygens (including phenoxy) is 1. The highest BCUT2D eigenvalue weighted by Crippen LogP contribution is 2.39. The van der Waals surface area contributed by atoms with Crippen molar-refractivity contribution in [3.05, 3.63) is 34.1 Å². The first-order valence-corrected chi connectivity index (χ1v) is 5.46. The minimum absolute atomic E-state index is 0. The number of benzene rings is 1. The number of alkyl halides is 2. The molecule has 0 unspecified atom stereocenters. The van der Waals surface area contributed by atoms with E-state index in [1.165, 1.54) is 19.1 Å². The Kier molecular flexibility index (Phi) is 4.58. The smallest absolute Gasteiger partial charge is 0.408 e. The minimum Gasteiger partial charge on any atom is -0.443 e. The number of amides is 1. The number of aryl methyl sites for hydroxylation is 1. The lowest BCUT2D eigenvalue weighted by Crippen LogP contribution is -2.50. The molecule has 0 radical (unpaired) electrons. The van der Waals surface area contributed by atoms with Gasteiger partial charge in [-0.25, -0.2) is 18.0 Å². The van der Waals surface area contributed by atoms with Crippen molar-refractivity contribution in [3.63, 3.8) is 0 Å². The summed E-state index contributed by atoms with van der Waals surface area (Å²) in [4.78, 5) is 11.0. The second kappa shape index (κ2) is 5.46. The molecule has 1 saturated heterocycles. The molecule has 2 rings (SSSR count). The highest BCUT2D eigenvalue weighted by Gasteiger charge is 2.48. The quantitative estimate of drug-likeness (QED) is 0.859. The molecule has 3 nitrogen and oxygen atoms in total. The number of cyclic esters (lactones) is 1. The van der Waals surface area contributed by atoms with Gasteiger partial charge in [0.25, 0.3) is 0 Å². The fourth-order valence-corrected chi connectivity index (χ4v) is 1.99. The van der Waals surface area contributed by atoms with Crippen LogP contribution in [0.2, 0.25) is 5.02 Å². The van der Waals surface area contributed by atoms with Crippen molar-refractivity contribution in [2.75, 3.05) is 6.61 Å². The summed E-state index contributed by atoms with van der Waals surface area (Å²) in [6.45, 7) is 0.321. The Morgan fingerprint density at radius 2 is 2.11 bits per heavy atom. The molecular formula is C11H10Cl2F3NO2. The zero-order valence-electron chi connectivity index (χ0n) is 9.68. The maximum Gasteiger partial charge on any atom is 0.408 e. The summed E-state index contributed by atoms with van der Waals surface area (Å²) in [5.74, 6) is -4.28. The second-order valence-corrected chi connectivity index (χ2v) is 4.41. The third-order valence-electron chi connectivity index (χ3n) is 2.69. The summed E-state index contributed by atoms with van der Waals surface area (Å²) >= 11 is 5.74. The first-order valence-electron chi connectivity index (χ1n) is 5.08. The fraction of sp³-hybridized carbons (Fsp3) is 0.364. The van der Waals surface area contributed by atoms with E-state index in [0.29, 0.717) is 0 Å². The first kappa shape index (κ1) is 15.9. The third kappa shape index (κ3) is 2.90. The summed E-state index contributed by atoms with van der Waals surface area (Å²) in [6, 6.07) is 0.860. The van der Waals surface area contributed by atoms with Gasteiger partial charge in [0.2, 0.25) is 0 Å². The van der Waals surface area contributed by atoms with Crippen LogP contribution in [0.5, 0.6) is 0 Å². The molecule has 0 spiro atoms. The maximum atomic E-state index is 13.9. The van der Waals surface area contributed by atoms with Crippen molar-refractivity contribution < 1.29 is 22.7 Å². The Morgan fingerprint density at radius 3 is 2.74 bits per heavy atom. The van der Waals surface area contributed by atoms with Crippen molar-refractivity contribution in [3.8, 4) is 0 Å². The van der Waals surface area contributed by atoms with E-state index in [1.807, 2.05) is 5.32 Å². The van der Waals surface area contributed by atoms with Crippen molar-refractivity contribution in [1.29, 1.82) is 0 Å². The van der Waals surface area contributed by atoms with Gasteiger partial charge < -0.3 is 10.1 Å². The van der Waals surface area contributed by atoms with E-state index in [0.717, 1.165) is 0 Å². The molecule has 1 amide bonds. The van der Waals surface area contributed by atoms with Crippen molar-refractivity contribution in [2.24, 2.45) is 0 Å². The molecule has 106 valence electrons. The van der Waals surface area contributed by atoms with Gasteiger partial charge in [0.15, 0.2) is 6.61 Å². The molecule has 0 aliphatic carbocycles. The van der Waals surface area contributed by atoms with Crippen LogP contribution in [0, 0.1) is 12.7 Å². The molecular weight excluding hydrogens is 306 g/mol. The standard InChI is InChI=1S/C11H9ClF3NO2.ClH/c1-5-2-3-6(12)7(8(5)13)9-11(14,15)4-18-10(17)16-9;/h2-3,9H,4H2,1H3,(H,16,17);1H/t9-;/m0./s1. The molecule has 1 aromatic carbocycles. The lowest BCUT2D eigenvalue weighted by molar-refractivity contribution is -0.104. The molecule has 1 aliphatic rings. The predicted molar refractivity (Wildman–Crippen MR) is 65.6 cm³/mol. The number of carbonyl (C=O) groups is 1. The summed E-state index contributed by atoms with van der Waals surface area (Å²) in [5.41, 5.74) is -0.246. The van der Waals surface area contributed by atoms with E-state index in [-0.39, 0.29) is 23.0 Å². The van der Waals surface area contributed by atoms with Crippen LogP contribution in [0.25, 0.3) is 0 Å². The lowest BCUT2D eigenvalue weighted by atomic mass is 9.97. The molecule has 19 heavy (non-hydrogen) atoms. The molecule has 0 aromatic heterocycles. The van der Waals surface area contributed by atoms with E-state index in [1.54, 1.807) is 0 Å². The Labute approximate surface area is 118 Å². The van der Waals surface area contributed by atoms with E-state index < -0.39 is 36.0 Å². The van der Waals surface area contributed by atoms with Gasteiger partial charge in [0, 0.05) is 10.6 Å². The van der Waals surface area contributed by atoms with Crippen LogP contribution in [0.4, 0.5) is 18.0 Å². The van der Waals surface area contributed by atoms with Gasteiger partial charge in [-0.15, -0.1) is 12.4 Å². The number of rotatable bonds is 1. The largest absolute Gasteiger partial charge is 0.443 e. The third-order valence-corrected chi connectivity index (χ3v) is 3.02. The molecule has 8 heteroatoms. The molecule has 0 bridgehead atoms. The van der Waals surface area contributed by atoms with Crippen LogP contribution in [0.3, 0.4) is 0 Å². The number of halogens is 5. The normalized spacial score (nSPS) is 21.1. The molecule has 1 aliphatic heterocycles. The Hall–Kier alpha value is -1.14. The van der Waals surface area contributed by atoms with Gasteiger partial charge >= 0.3 is 12.0 Å². The molecule has 1 atom stereocenters. The SMILES string of the molecule is Cc1ccc(Cl)c([C@@H]2NC(=O)OCC2(F)F)c1F.Cl. The number of hydrogen-bond donors (Lipinski definition) is 1. The lowest BCUT2D eigenvalue weighted by Gasteiger charge is -2.32. The van der Waals surface area contributed by atoms with Crippen molar-refractivity contribution in [1.82, 2.24) is 5.32 Å². The van der Waals surface area contributed by atoms with E-state index in [4.69, 9.17) is 11.6 Å². The number of nitrogens with one attached hydrogen (secondary N) is 1. The monoisotopic (exact) mass is 315 g/mol. The molecule has 1 aromatic rings. The van der Waals surface area contributed by atoms with Gasteiger partial charge in [-0.3, -0.25) is 0 Å². The summed E-state index contributed by atoms with van der Waals surface area (Å²) in [6.07, 6.45) is -1.03. The van der Waals surface area contributed by atoms with Crippen LogP contribution in [0.15, 0.2) is 12.1 Å². The van der Waals surface area contributed by atoms with Crippen LogP contribution in [-0.4, -0.2) is 18.6 Å².